The molecule has 0 saturated carbocycles. The van der Waals surface area contributed by atoms with E-state index >= 15 is 0 Å². The summed E-state index contributed by atoms with van der Waals surface area (Å²) in [5.74, 6) is -0.281. The summed E-state index contributed by atoms with van der Waals surface area (Å²) in [6, 6.07) is 153. The number of hydrogen-bond donors (Lipinski definition) is 0. The highest BCUT2D eigenvalue weighted by molar-refractivity contribution is 6.20. The lowest BCUT2D eigenvalue weighted by atomic mass is 9.76. The molecule has 2 aromatic heterocycles. The lowest BCUT2D eigenvalue weighted by Crippen LogP contribution is -2.29. The van der Waals surface area contributed by atoms with Crippen LogP contribution in [-0.4, -0.2) is 9.13 Å². The molecule has 0 amide bonds. The van der Waals surface area contributed by atoms with Gasteiger partial charge in [-0.1, -0.05) is 328 Å². The molecule has 0 saturated heterocycles. The van der Waals surface area contributed by atoms with Crippen LogP contribution in [-0.2, 0) is 0 Å². The van der Waals surface area contributed by atoms with Crippen LogP contribution in [0.1, 0.15) is 22.6 Å². The average Bonchev–Trinajstić information content (AvgIpc) is 1.39. The Morgan fingerprint density at radius 3 is 0.648 bits per heavy atom. The number of benzene rings is 17. The van der Waals surface area contributed by atoms with E-state index in [0.717, 1.165) is 140 Å². The smallest absolute Gasteiger partial charge is 0.0990 e. The van der Waals surface area contributed by atoms with Crippen LogP contribution in [0.4, 0.5) is 51.2 Å². The van der Waals surface area contributed by atoms with Crippen LogP contribution in [0.25, 0.3) is 122 Å². The molecule has 5 heteroatoms. The topological polar surface area (TPSA) is 19.6 Å². The minimum Gasteiger partial charge on any atom is -0.307 e. The van der Waals surface area contributed by atoms with Crippen LogP contribution in [0.2, 0.25) is 0 Å². The van der Waals surface area contributed by atoms with Gasteiger partial charge in [-0.05, 0) is 163 Å². The maximum absolute atomic E-state index is 2.68. The van der Waals surface area contributed by atoms with Gasteiger partial charge in [-0.3, -0.25) is 0 Å². The minimum atomic E-state index is -0.281. The zero-order chi connectivity index (χ0) is 71.2. The molecule has 0 N–H and O–H groups in total. The van der Waals surface area contributed by atoms with Crippen LogP contribution in [0.15, 0.2) is 413 Å². The van der Waals surface area contributed by atoms with Gasteiger partial charge in [0.1, 0.15) is 0 Å². The number of fused-ring (bicyclic) bond motifs is 10. The maximum Gasteiger partial charge on any atom is 0.0990 e. The maximum atomic E-state index is 2.68. The van der Waals surface area contributed by atoms with Gasteiger partial charge in [0.15, 0.2) is 0 Å². The van der Waals surface area contributed by atoms with Crippen LogP contribution >= 0.6 is 0 Å². The highest BCUT2D eigenvalue weighted by Gasteiger charge is 2.46. The number of aromatic nitrogens is 2. The molecule has 19 aromatic rings. The second-order valence-corrected chi connectivity index (χ2v) is 28.3. The zero-order valence-corrected chi connectivity index (χ0v) is 59.1. The molecule has 2 aliphatic rings. The van der Waals surface area contributed by atoms with Crippen LogP contribution in [0, 0.1) is 0 Å². The molecule has 0 unspecified atom stereocenters. The first-order valence-electron chi connectivity index (χ1n) is 37.3. The van der Waals surface area contributed by atoms with Gasteiger partial charge in [0.25, 0.3) is 0 Å². The van der Waals surface area contributed by atoms with Crippen molar-refractivity contribution in [2.24, 2.45) is 0 Å². The van der Waals surface area contributed by atoms with E-state index in [9.17, 15) is 0 Å². The fourth-order valence-corrected chi connectivity index (χ4v) is 17.4. The molecule has 0 atom stereocenters. The highest BCUT2D eigenvalue weighted by Crippen LogP contribution is 2.66. The van der Waals surface area contributed by atoms with Gasteiger partial charge < -0.3 is 23.8 Å². The number of nitrogens with zero attached hydrogens (tertiary/aromatic N) is 5. The van der Waals surface area contributed by atoms with Gasteiger partial charge in [0.2, 0.25) is 0 Å². The summed E-state index contributed by atoms with van der Waals surface area (Å²) in [4.78, 5) is 7.85. The molecule has 108 heavy (non-hydrogen) atoms. The molecule has 2 aliphatic heterocycles. The molecule has 0 bridgehead atoms. The van der Waals surface area contributed by atoms with E-state index < -0.39 is 0 Å². The molecule has 4 heterocycles. The summed E-state index contributed by atoms with van der Waals surface area (Å²) < 4.78 is 5.36. The van der Waals surface area contributed by atoms with Crippen molar-refractivity contribution < 1.29 is 0 Å². The normalized spacial score (nSPS) is 12.0. The molecule has 506 valence electrons. The fourth-order valence-electron chi connectivity index (χ4n) is 17.4. The molecule has 5 nitrogen and oxygen atoms in total. The van der Waals surface area contributed by atoms with Crippen molar-refractivity contribution in [3.63, 3.8) is 0 Å². The third-order valence-electron chi connectivity index (χ3n) is 22.3. The third-order valence-corrected chi connectivity index (χ3v) is 22.3. The van der Waals surface area contributed by atoms with Crippen molar-refractivity contribution in [1.82, 2.24) is 9.13 Å². The summed E-state index contributed by atoms with van der Waals surface area (Å²) in [5.41, 5.74) is 33.0. The number of rotatable bonds is 15. The summed E-state index contributed by atoms with van der Waals surface area (Å²) in [5, 5.41) is 4.80. The molecular weight excluding hydrogens is 1310 g/mol. The van der Waals surface area contributed by atoms with E-state index in [-0.39, 0.29) is 5.92 Å². The Hall–Kier alpha value is -14.3. The summed E-state index contributed by atoms with van der Waals surface area (Å²) >= 11 is 0. The minimum absolute atomic E-state index is 0.281. The van der Waals surface area contributed by atoms with Gasteiger partial charge >= 0.3 is 0 Å². The molecule has 0 fully saturated rings. The van der Waals surface area contributed by atoms with Crippen LogP contribution < -0.4 is 14.7 Å². The first-order chi connectivity index (χ1) is 53.6. The average molecular weight is 1380 g/mol. The largest absolute Gasteiger partial charge is 0.307 e. The zero-order valence-electron chi connectivity index (χ0n) is 59.1. The molecule has 0 aliphatic carbocycles. The molecule has 21 rings (SSSR count). The van der Waals surface area contributed by atoms with Crippen molar-refractivity contribution in [3.8, 4) is 78.1 Å². The van der Waals surface area contributed by atoms with E-state index in [1.54, 1.807) is 0 Å². The predicted octanol–water partition coefficient (Wildman–Crippen LogP) is 28.1. The van der Waals surface area contributed by atoms with Gasteiger partial charge in [-0.2, -0.15) is 0 Å². The molecule has 0 spiro atoms. The van der Waals surface area contributed by atoms with Gasteiger partial charge in [-0.25, -0.2) is 0 Å². The van der Waals surface area contributed by atoms with E-state index in [0.29, 0.717) is 0 Å². The Kier molecular flexibility index (Phi) is 14.9. The Labute approximate surface area is 627 Å². The van der Waals surface area contributed by atoms with Crippen molar-refractivity contribution in [2.75, 3.05) is 14.7 Å². The summed E-state index contributed by atoms with van der Waals surface area (Å²) in [7, 11) is 0. The fraction of sp³-hybridized carbons (Fsp3) is 0.00971. The lowest BCUT2D eigenvalue weighted by molar-refractivity contribution is 0.881. The van der Waals surface area contributed by atoms with Gasteiger partial charge in [-0.15, -0.1) is 0 Å². The molecular formula is C103H69N5. The van der Waals surface area contributed by atoms with Crippen molar-refractivity contribution in [2.45, 2.75) is 5.92 Å². The second-order valence-electron chi connectivity index (χ2n) is 28.3. The van der Waals surface area contributed by atoms with Crippen LogP contribution in [0.3, 0.4) is 0 Å². The van der Waals surface area contributed by atoms with Gasteiger partial charge in [0.05, 0.1) is 50.5 Å². The van der Waals surface area contributed by atoms with Crippen molar-refractivity contribution in [1.29, 1.82) is 0 Å². The van der Waals surface area contributed by atoms with E-state index in [2.05, 4.69) is 436 Å². The Bertz CT molecular complexity index is 6010. The SMILES string of the molecule is c1ccc(-c2ccc(N(c3ccc(-c4ccccc4)cc3)c3c(N(c4ccc(-c5ccccc5)cc4)c4ccc(-c5ccccc5)cc4)c4c5c(c3N(c3ccc(-c6ccccc6)cc3)c3ccc(-c6ccccc6)cc3)-n3c6ccccc6c6cccc(c63)C5c3cccc5c6ccccc6n-4c35)cc2)cc1. The number of para-hydroxylation sites is 4. The first-order valence-corrected chi connectivity index (χ1v) is 37.3. The van der Waals surface area contributed by atoms with Crippen molar-refractivity contribution in [3.05, 3.63) is 429 Å². The molecule has 17 aromatic carbocycles. The Morgan fingerprint density at radius 1 is 0.176 bits per heavy atom. The van der Waals surface area contributed by atoms with Crippen LogP contribution in [0.5, 0.6) is 0 Å². The standard InChI is InChI=1S/C103H69N5/c1-7-25-69(26-8-1)75-45-57-81(58-46-75)104(82-59-47-76(48-60-82)70-27-9-2-10-28-70)101-99-96-95(91-41-23-39-89-87-37-19-21-43-93(87)107(99)97(89)91)92-42-24-40-90-88-38-20-22-44-94(88)108(98(90)92)100(96)102(105(83-61-49-77(50-62-83)71-29-11-3-12-30-71)84-63-51-78(52-64-84)72-31-13-4-14-32-72)103(101)106(85-65-53-79(54-66-85)73-33-15-5-16-34-73)86-67-55-80(56-68-86)74-35-17-6-18-36-74/h1-68,95H. The monoisotopic (exact) mass is 1380 g/mol. The summed E-state index contributed by atoms with van der Waals surface area (Å²) in [6.45, 7) is 0. The van der Waals surface area contributed by atoms with E-state index in [1.165, 1.54) is 49.3 Å². The van der Waals surface area contributed by atoms with Gasteiger partial charge in [0, 0.05) is 67.2 Å². The first kappa shape index (κ1) is 62.3. The Balaban J connectivity index is 1.01. The lowest BCUT2D eigenvalue weighted by Gasteiger charge is -2.45. The summed E-state index contributed by atoms with van der Waals surface area (Å²) in [6.07, 6.45) is 0. The number of hydrogen-bond acceptors (Lipinski definition) is 3. The number of anilines is 9. The van der Waals surface area contributed by atoms with Crippen molar-refractivity contribution >= 4 is 94.8 Å². The highest BCUT2D eigenvalue weighted by atomic mass is 15.3. The second kappa shape index (κ2) is 25.9. The van der Waals surface area contributed by atoms with E-state index in [1.807, 2.05) is 0 Å². The molecule has 0 radical (unpaired) electrons. The van der Waals surface area contributed by atoms with E-state index in [4.69, 9.17) is 0 Å². The quantitative estimate of drug-likeness (QED) is 0.102. The third kappa shape index (κ3) is 10.2. The predicted molar refractivity (Wildman–Crippen MR) is 453 cm³/mol. The Morgan fingerprint density at radius 2 is 0.389 bits per heavy atom.